The van der Waals surface area contributed by atoms with Crippen LogP contribution in [0.4, 0.5) is 0 Å². The van der Waals surface area contributed by atoms with Gasteiger partial charge >= 0.3 is 0 Å². The van der Waals surface area contributed by atoms with E-state index in [9.17, 15) is 15.3 Å². The topological polar surface area (TPSA) is 79.2 Å². The number of ether oxygens (including phenoxy) is 2. The van der Waals surface area contributed by atoms with Crippen molar-refractivity contribution >= 4 is 0 Å². The largest absolute Gasteiger partial charge is 0.388 e. The molecule has 1 unspecified atom stereocenters. The molecule has 1 fully saturated rings. The van der Waals surface area contributed by atoms with E-state index in [0.29, 0.717) is 6.61 Å². The van der Waals surface area contributed by atoms with Gasteiger partial charge in [0, 0.05) is 0 Å². The molecule has 0 radical (unpaired) electrons. The molecular formula is C25H42O5. The van der Waals surface area contributed by atoms with Crippen molar-refractivity contribution in [2.24, 2.45) is 0 Å². The lowest BCUT2D eigenvalue weighted by atomic mass is 10.0. The maximum atomic E-state index is 9.85. The van der Waals surface area contributed by atoms with Crippen LogP contribution in [0.2, 0.25) is 0 Å². The van der Waals surface area contributed by atoms with Gasteiger partial charge in [0.1, 0.15) is 18.3 Å². The van der Waals surface area contributed by atoms with Crippen molar-refractivity contribution in [2.45, 2.75) is 97.7 Å². The molecule has 172 valence electrons. The average Bonchev–Trinajstić information content (AvgIpc) is 2.67. The number of aliphatic hydroxyl groups is 3. The Kier molecular flexibility index (Phi) is 13.1. The highest BCUT2D eigenvalue weighted by Gasteiger charge is 2.37. The van der Waals surface area contributed by atoms with E-state index in [2.05, 4.69) is 52.8 Å². The van der Waals surface area contributed by atoms with Gasteiger partial charge < -0.3 is 24.8 Å². The van der Waals surface area contributed by atoms with Gasteiger partial charge in [-0.15, -0.1) is 0 Å². The maximum absolute atomic E-state index is 9.85. The zero-order valence-electron chi connectivity index (χ0n) is 19.4. The van der Waals surface area contributed by atoms with E-state index in [4.69, 9.17) is 9.47 Å². The smallest absolute Gasteiger partial charge is 0.186 e. The predicted molar refractivity (Wildman–Crippen MR) is 122 cm³/mol. The van der Waals surface area contributed by atoms with Crippen LogP contribution < -0.4 is 0 Å². The molecule has 1 rings (SSSR count). The minimum atomic E-state index is -1.24. The van der Waals surface area contributed by atoms with Crippen LogP contribution >= 0.6 is 0 Å². The summed E-state index contributed by atoms with van der Waals surface area (Å²) in [6.45, 7) is 11.0. The van der Waals surface area contributed by atoms with Crippen molar-refractivity contribution in [3.8, 4) is 0 Å². The molecule has 30 heavy (non-hydrogen) atoms. The van der Waals surface area contributed by atoms with E-state index in [1.54, 1.807) is 0 Å². The number of hydrogen-bond donors (Lipinski definition) is 3. The van der Waals surface area contributed by atoms with E-state index in [0.717, 1.165) is 38.5 Å². The number of aliphatic hydroxyl groups excluding tert-OH is 3. The van der Waals surface area contributed by atoms with Gasteiger partial charge in [0.25, 0.3) is 0 Å². The summed E-state index contributed by atoms with van der Waals surface area (Å²) in [5.41, 5.74) is 5.47. The SMILES string of the molecule is CC(C)=CCCC(C)=CCCC(C)=CCCC(C)=CCOC1OC[C@@H](O)[C@H](O)[C@H]1O. The minimum Gasteiger partial charge on any atom is -0.388 e. The molecule has 5 heteroatoms. The van der Waals surface area contributed by atoms with Crippen molar-refractivity contribution in [1.29, 1.82) is 0 Å². The summed E-state index contributed by atoms with van der Waals surface area (Å²) in [7, 11) is 0. The first kappa shape index (κ1) is 26.8. The van der Waals surface area contributed by atoms with Gasteiger partial charge in [-0.25, -0.2) is 0 Å². The Hall–Kier alpha value is -1.24. The standard InChI is InChI=1S/C25H42O5/c1-18(2)9-6-10-19(3)11-7-12-20(4)13-8-14-21(5)15-16-29-25-24(28)23(27)22(26)17-30-25/h9,11,13,15,22-28H,6-8,10,12,14,16-17H2,1-5H3/t22-,23+,24-,25?/m1/s1. The summed E-state index contributed by atoms with van der Waals surface area (Å²) >= 11 is 0. The lowest BCUT2D eigenvalue weighted by molar-refractivity contribution is -0.266. The average molecular weight is 423 g/mol. The first-order valence-electron chi connectivity index (χ1n) is 11.1. The summed E-state index contributed by atoms with van der Waals surface area (Å²) in [6, 6.07) is 0. The molecule has 0 aliphatic carbocycles. The molecule has 1 saturated heterocycles. The Morgan fingerprint density at radius 3 is 1.80 bits per heavy atom. The van der Waals surface area contributed by atoms with Crippen LogP contribution in [0.15, 0.2) is 46.6 Å². The van der Waals surface area contributed by atoms with Gasteiger partial charge in [-0.1, -0.05) is 46.6 Å². The van der Waals surface area contributed by atoms with Crippen LogP contribution in [0.1, 0.15) is 73.1 Å². The van der Waals surface area contributed by atoms with Crippen LogP contribution in [-0.2, 0) is 9.47 Å². The highest BCUT2D eigenvalue weighted by atomic mass is 16.7. The fourth-order valence-corrected chi connectivity index (χ4v) is 3.20. The predicted octanol–water partition coefficient (Wildman–Crippen LogP) is 4.59. The van der Waals surface area contributed by atoms with E-state index in [1.807, 2.05) is 6.08 Å². The maximum Gasteiger partial charge on any atom is 0.186 e. The number of allylic oxidation sites excluding steroid dienone is 7. The molecule has 3 N–H and O–H groups in total. The van der Waals surface area contributed by atoms with Crippen molar-refractivity contribution in [1.82, 2.24) is 0 Å². The summed E-state index contributed by atoms with van der Waals surface area (Å²) < 4.78 is 10.7. The Morgan fingerprint density at radius 1 is 0.767 bits per heavy atom. The van der Waals surface area contributed by atoms with Crippen LogP contribution in [-0.4, -0.2) is 53.1 Å². The normalized spacial score (nSPS) is 26.1. The highest BCUT2D eigenvalue weighted by molar-refractivity contribution is 5.07. The lowest BCUT2D eigenvalue weighted by Crippen LogP contribution is -2.53. The van der Waals surface area contributed by atoms with E-state index in [-0.39, 0.29) is 6.61 Å². The fraction of sp³-hybridized carbons (Fsp3) is 0.680. The zero-order valence-corrected chi connectivity index (χ0v) is 19.4. The zero-order chi connectivity index (χ0) is 22.5. The molecule has 4 atom stereocenters. The van der Waals surface area contributed by atoms with E-state index in [1.165, 1.54) is 22.3 Å². The lowest BCUT2D eigenvalue weighted by Gasteiger charge is -2.34. The Morgan fingerprint density at radius 2 is 1.27 bits per heavy atom. The molecule has 1 aliphatic rings. The second-order valence-corrected chi connectivity index (χ2v) is 8.63. The third-order valence-electron chi connectivity index (χ3n) is 5.30. The fourth-order valence-electron chi connectivity index (χ4n) is 3.20. The molecule has 1 aliphatic heterocycles. The summed E-state index contributed by atoms with van der Waals surface area (Å²) in [6.07, 6.45) is 10.9. The van der Waals surface area contributed by atoms with Crippen LogP contribution in [0.3, 0.4) is 0 Å². The number of rotatable bonds is 12. The first-order chi connectivity index (χ1) is 14.2. The molecule has 0 aromatic rings. The van der Waals surface area contributed by atoms with Gasteiger partial charge in [0.2, 0.25) is 0 Å². The molecule has 0 bridgehead atoms. The summed E-state index contributed by atoms with van der Waals surface area (Å²) in [5, 5.41) is 28.9. The first-order valence-corrected chi connectivity index (χ1v) is 11.1. The quantitative estimate of drug-likeness (QED) is 0.401. The van der Waals surface area contributed by atoms with Crippen molar-refractivity contribution < 1.29 is 24.8 Å². The monoisotopic (exact) mass is 422 g/mol. The highest BCUT2D eigenvalue weighted by Crippen LogP contribution is 2.17. The molecule has 5 nitrogen and oxygen atoms in total. The van der Waals surface area contributed by atoms with E-state index >= 15 is 0 Å². The van der Waals surface area contributed by atoms with Crippen molar-refractivity contribution in [3.05, 3.63) is 46.6 Å². The molecule has 0 aromatic carbocycles. The van der Waals surface area contributed by atoms with Gasteiger partial charge in [-0.05, 0) is 73.1 Å². The molecule has 0 saturated carbocycles. The second kappa shape index (κ2) is 14.7. The summed E-state index contributed by atoms with van der Waals surface area (Å²) in [4.78, 5) is 0. The minimum absolute atomic E-state index is 0.0418. The molecule has 1 heterocycles. The van der Waals surface area contributed by atoms with Crippen molar-refractivity contribution in [3.63, 3.8) is 0 Å². The van der Waals surface area contributed by atoms with Gasteiger partial charge in [-0.2, -0.15) is 0 Å². The van der Waals surface area contributed by atoms with Crippen LogP contribution in [0, 0.1) is 0 Å². The Bertz CT molecular complexity index is 613. The molecule has 0 aromatic heterocycles. The van der Waals surface area contributed by atoms with E-state index < -0.39 is 24.6 Å². The third-order valence-corrected chi connectivity index (χ3v) is 5.30. The van der Waals surface area contributed by atoms with Crippen LogP contribution in [0.25, 0.3) is 0 Å². The van der Waals surface area contributed by atoms with Gasteiger partial charge in [0.05, 0.1) is 13.2 Å². The van der Waals surface area contributed by atoms with Crippen molar-refractivity contribution in [2.75, 3.05) is 13.2 Å². The second-order valence-electron chi connectivity index (χ2n) is 8.63. The Labute approximate surface area is 182 Å². The number of hydrogen-bond acceptors (Lipinski definition) is 5. The molecule has 0 spiro atoms. The molecule has 0 amide bonds. The third kappa shape index (κ3) is 11.2. The van der Waals surface area contributed by atoms with Gasteiger partial charge in [-0.3, -0.25) is 0 Å². The Balaban J connectivity index is 2.24. The summed E-state index contributed by atoms with van der Waals surface area (Å²) in [5.74, 6) is 0. The molecular weight excluding hydrogens is 380 g/mol. The van der Waals surface area contributed by atoms with Crippen LogP contribution in [0.5, 0.6) is 0 Å². The van der Waals surface area contributed by atoms with Gasteiger partial charge in [0.15, 0.2) is 6.29 Å².